The molecular formula is C23H22Cl2N2O2. The molecule has 1 aliphatic carbocycles. The van der Waals surface area contributed by atoms with Gasteiger partial charge in [-0.05, 0) is 41.7 Å². The van der Waals surface area contributed by atoms with E-state index in [0.29, 0.717) is 16.6 Å². The minimum Gasteiger partial charge on any atom is -0.338 e. The number of amides is 2. The van der Waals surface area contributed by atoms with Crippen LogP contribution in [0.5, 0.6) is 0 Å². The zero-order chi connectivity index (χ0) is 20.3. The molecule has 2 aromatic carbocycles. The molecule has 4 nitrogen and oxygen atoms in total. The number of hydrogen-bond donors (Lipinski definition) is 0. The molecule has 2 fully saturated rings. The zero-order valence-electron chi connectivity index (χ0n) is 16.2. The molecule has 29 heavy (non-hydrogen) atoms. The van der Waals surface area contributed by atoms with Crippen LogP contribution < -0.4 is 0 Å². The number of hydrogen-bond acceptors (Lipinski definition) is 2. The molecule has 6 heteroatoms. The van der Waals surface area contributed by atoms with E-state index in [1.165, 1.54) is 11.1 Å². The molecule has 0 aromatic heterocycles. The Labute approximate surface area is 180 Å². The number of benzene rings is 2. The van der Waals surface area contributed by atoms with Gasteiger partial charge in [0.15, 0.2) is 0 Å². The highest BCUT2D eigenvalue weighted by atomic mass is 35.5. The van der Waals surface area contributed by atoms with Gasteiger partial charge in [-0.1, -0.05) is 53.5 Å². The lowest BCUT2D eigenvalue weighted by atomic mass is 9.85. The van der Waals surface area contributed by atoms with E-state index in [2.05, 4.69) is 18.2 Å². The molecule has 3 aliphatic rings. The van der Waals surface area contributed by atoms with Gasteiger partial charge < -0.3 is 9.80 Å². The van der Waals surface area contributed by atoms with Gasteiger partial charge in [0, 0.05) is 32.0 Å². The summed E-state index contributed by atoms with van der Waals surface area (Å²) < 4.78 is 0. The summed E-state index contributed by atoms with van der Waals surface area (Å²) >= 11 is 12.3. The molecule has 0 N–H and O–H groups in total. The van der Waals surface area contributed by atoms with Crippen molar-refractivity contribution in [2.75, 3.05) is 13.6 Å². The summed E-state index contributed by atoms with van der Waals surface area (Å²) in [6, 6.07) is 13.5. The second kappa shape index (κ2) is 6.75. The van der Waals surface area contributed by atoms with Crippen molar-refractivity contribution in [3.8, 4) is 0 Å². The van der Waals surface area contributed by atoms with E-state index in [1.807, 2.05) is 17.0 Å². The standard InChI is InChI=1S/C23H22Cl2N2O2/c1-26-20(28)11-16(21(26)14-6-7-18(24)19(25)10-14)22(29)27-12-15-4-2-3-5-17(15)23(13-27)8-9-23/h2-7,10,16,21H,8-9,11-13H2,1H3. The van der Waals surface area contributed by atoms with Crippen LogP contribution in [-0.4, -0.2) is 35.2 Å². The van der Waals surface area contributed by atoms with E-state index >= 15 is 0 Å². The van der Waals surface area contributed by atoms with Crippen LogP contribution in [0.4, 0.5) is 0 Å². The van der Waals surface area contributed by atoms with Crippen molar-refractivity contribution in [2.24, 2.45) is 5.92 Å². The first-order valence-electron chi connectivity index (χ1n) is 9.97. The van der Waals surface area contributed by atoms with Gasteiger partial charge in [-0.25, -0.2) is 0 Å². The molecule has 0 radical (unpaired) electrons. The van der Waals surface area contributed by atoms with Crippen LogP contribution in [0.15, 0.2) is 42.5 Å². The molecule has 2 aromatic rings. The highest BCUT2D eigenvalue weighted by Gasteiger charge is 2.52. The number of rotatable bonds is 2. The monoisotopic (exact) mass is 428 g/mol. The van der Waals surface area contributed by atoms with Gasteiger partial charge in [0.25, 0.3) is 0 Å². The van der Waals surface area contributed by atoms with E-state index in [0.717, 1.165) is 24.9 Å². The molecule has 2 unspecified atom stereocenters. The van der Waals surface area contributed by atoms with Crippen LogP contribution >= 0.6 is 23.2 Å². The van der Waals surface area contributed by atoms with Crippen molar-refractivity contribution in [1.29, 1.82) is 0 Å². The van der Waals surface area contributed by atoms with Gasteiger partial charge in [0.2, 0.25) is 11.8 Å². The van der Waals surface area contributed by atoms with Crippen molar-refractivity contribution >= 4 is 35.0 Å². The van der Waals surface area contributed by atoms with E-state index in [1.54, 1.807) is 24.1 Å². The van der Waals surface area contributed by atoms with Crippen molar-refractivity contribution < 1.29 is 9.59 Å². The first-order valence-corrected chi connectivity index (χ1v) is 10.7. The topological polar surface area (TPSA) is 40.6 Å². The van der Waals surface area contributed by atoms with Crippen LogP contribution in [-0.2, 0) is 21.5 Å². The predicted molar refractivity (Wildman–Crippen MR) is 113 cm³/mol. The van der Waals surface area contributed by atoms with E-state index in [4.69, 9.17) is 23.2 Å². The molecule has 0 bridgehead atoms. The van der Waals surface area contributed by atoms with Gasteiger partial charge in [-0.3, -0.25) is 9.59 Å². The van der Waals surface area contributed by atoms with Gasteiger partial charge in [0.05, 0.1) is 22.0 Å². The second-order valence-electron chi connectivity index (χ2n) is 8.57. The molecule has 1 saturated heterocycles. The number of halogens is 2. The molecule has 1 spiro atoms. The van der Waals surface area contributed by atoms with Crippen LogP contribution in [0.1, 0.15) is 42.0 Å². The first kappa shape index (κ1) is 19.0. The summed E-state index contributed by atoms with van der Waals surface area (Å²) in [4.78, 5) is 29.8. The maximum atomic E-state index is 13.6. The summed E-state index contributed by atoms with van der Waals surface area (Å²) in [5.74, 6) is -0.372. The molecule has 2 atom stereocenters. The number of nitrogens with zero attached hydrogens (tertiary/aromatic N) is 2. The lowest BCUT2D eigenvalue weighted by molar-refractivity contribution is -0.138. The predicted octanol–water partition coefficient (Wildman–Crippen LogP) is 4.59. The van der Waals surface area contributed by atoms with Crippen LogP contribution in [0.3, 0.4) is 0 Å². The van der Waals surface area contributed by atoms with E-state index in [9.17, 15) is 9.59 Å². The number of carbonyl (C=O) groups is 2. The van der Waals surface area contributed by atoms with Crippen molar-refractivity contribution in [3.05, 3.63) is 69.2 Å². The highest BCUT2D eigenvalue weighted by Crippen LogP contribution is 2.53. The Bertz CT molecular complexity index is 1020. The van der Waals surface area contributed by atoms with Gasteiger partial charge in [0.1, 0.15) is 0 Å². The minimum absolute atomic E-state index is 0.0158. The zero-order valence-corrected chi connectivity index (χ0v) is 17.7. The molecule has 150 valence electrons. The van der Waals surface area contributed by atoms with Crippen LogP contribution in [0, 0.1) is 5.92 Å². The average Bonchev–Trinajstić information content (AvgIpc) is 3.42. The lowest BCUT2D eigenvalue weighted by Gasteiger charge is -2.37. The Morgan fingerprint density at radius 3 is 2.59 bits per heavy atom. The van der Waals surface area contributed by atoms with Crippen molar-refractivity contribution in [3.63, 3.8) is 0 Å². The Morgan fingerprint density at radius 1 is 1.10 bits per heavy atom. The highest BCUT2D eigenvalue weighted by molar-refractivity contribution is 6.42. The lowest BCUT2D eigenvalue weighted by Crippen LogP contribution is -2.45. The third-order valence-corrected chi connectivity index (χ3v) is 7.54. The fraction of sp³-hybridized carbons (Fsp3) is 0.391. The van der Waals surface area contributed by atoms with E-state index < -0.39 is 5.92 Å². The Hall–Kier alpha value is -2.04. The first-order chi connectivity index (χ1) is 13.9. The quantitative estimate of drug-likeness (QED) is 0.701. The summed E-state index contributed by atoms with van der Waals surface area (Å²) in [5.41, 5.74) is 3.58. The number of likely N-dealkylation sites (tertiary alicyclic amines) is 1. The molecule has 2 heterocycles. The molecular weight excluding hydrogens is 407 g/mol. The summed E-state index contributed by atoms with van der Waals surface area (Å²) in [6.45, 7) is 1.35. The summed E-state index contributed by atoms with van der Waals surface area (Å²) in [7, 11) is 1.76. The number of carbonyl (C=O) groups excluding carboxylic acids is 2. The summed E-state index contributed by atoms with van der Waals surface area (Å²) in [6.07, 6.45) is 2.46. The van der Waals surface area contributed by atoms with Gasteiger partial charge >= 0.3 is 0 Å². The fourth-order valence-electron chi connectivity index (χ4n) is 5.10. The van der Waals surface area contributed by atoms with E-state index in [-0.39, 0.29) is 29.7 Å². The second-order valence-corrected chi connectivity index (χ2v) is 9.38. The van der Waals surface area contributed by atoms with Gasteiger partial charge in [-0.15, -0.1) is 0 Å². The molecule has 2 amide bonds. The molecule has 5 rings (SSSR count). The molecule has 2 aliphatic heterocycles. The fourth-order valence-corrected chi connectivity index (χ4v) is 5.41. The maximum Gasteiger partial charge on any atom is 0.228 e. The summed E-state index contributed by atoms with van der Waals surface area (Å²) in [5, 5.41) is 0.903. The molecule has 1 saturated carbocycles. The van der Waals surface area contributed by atoms with Crippen molar-refractivity contribution in [1.82, 2.24) is 9.80 Å². The third kappa shape index (κ3) is 3.04. The van der Waals surface area contributed by atoms with Crippen molar-refractivity contribution in [2.45, 2.75) is 37.3 Å². The third-order valence-electron chi connectivity index (χ3n) is 6.80. The normalized spacial score (nSPS) is 24.7. The van der Waals surface area contributed by atoms with Gasteiger partial charge in [-0.2, -0.15) is 0 Å². The Morgan fingerprint density at radius 2 is 1.86 bits per heavy atom. The Balaban J connectivity index is 1.47. The van der Waals surface area contributed by atoms with Crippen LogP contribution in [0.2, 0.25) is 10.0 Å². The largest absolute Gasteiger partial charge is 0.338 e. The average molecular weight is 429 g/mol. The van der Waals surface area contributed by atoms with Crippen LogP contribution in [0.25, 0.3) is 0 Å². The maximum absolute atomic E-state index is 13.6. The minimum atomic E-state index is -0.411. The smallest absolute Gasteiger partial charge is 0.228 e. The SMILES string of the molecule is CN1C(=O)CC(C(=O)N2Cc3ccccc3C3(CC3)C2)C1c1ccc(Cl)c(Cl)c1. The number of fused-ring (bicyclic) bond motifs is 2. The Kier molecular flexibility index (Phi) is 4.41.